The van der Waals surface area contributed by atoms with Crippen LogP contribution in [0.1, 0.15) is 5.56 Å². The van der Waals surface area contributed by atoms with Gasteiger partial charge in [-0.05, 0) is 18.6 Å². The van der Waals surface area contributed by atoms with Gasteiger partial charge in [-0.2, -0.15) is 0 Å². The molecule has 0 fully saturated rings. The highest BCUT2D eigenvalue weighted by Gasteiger charge is 2.12. The molecule has 0 saturated heterocycles. The van der Waals surface area contributed by atoms with Crippen LogP contribution in [0.25, 0.3) is 0 Å². The fraction of sp³-hybridized carbons (Fsp3) is 0.286. The SMILES string of the molecule is Cc1cc(O)cnc1S(C)(=O)=O. The average Bonchev–Trinajstić information content (AvgIpc) is 1.83. The predicted molar refractivity (Wildman–Crippen MR) is 43.7 cm³/mol. The Labute approximate surface area is 70.8 Å². The van der Waals surface area contributed by atoms with Gasteiger partial charge < -0.3 is 5.11 Å². The summed E-state index contributed by atoms with van der Waals surface area (Å²) in [5.41, 5.74) is 0.456. The molecule has 1 rings (SSSR count). The van der Waals surface area contributed by atoms with Gasteiger partial charge in [-0.1, -0.05) is 0 Å². The molecule has 1 N–H and O–H groups in total. The van der Waals surface area contributed by atoms with Crippen molar-refractivity contribution < 1.29 is 13.5 Å². The molecule has 4 nitrogen and oxygen atoms in total. The van der Waals surface area contributed by atoms with E-state index >= 15 is 0 Å². The van der Waals surface area contributed by atoms with Crippen molar-refractivity contribution in [2.45, 2.75) is 11.9 Å². The van der Waals surface area contributed by atoms with Gasteiger partial charge in [0.05, 0.1) is 6.20 Å². The first-order valence-corrected chi connectivity index (χ1v) is 5.16. The van der Waals surface area contributed by atoms with Crippen molar-refractivity contribution in [2.75, 3.05) is 6.26 Å². The standard InChI is InChI=1S/C7H9NO3S/c1-5-3-6(9)4-8-7(5)12(2,10)11/h3-4,9H,1-2H3. The molecule has 5 heteroatoms. The molecule has 0 radical (unpaired) electrons. The van der Waals surface area contributed by atoms with E-state index in [0.717, 1.165) is 12.5 Å². The van der Waals surface area contributed by atoms with Crippen LogP contribution in [0.15, 0.2) is 17.3 Å². The number of hydrogen-bond donors (Lipinski definition) is 1. The van der Waals surface area contributed by atoms with Crippen LogP contribution in [0.4, 0.5) is 0 Å². The fourth-order valence-electron chi connectivity index (χ4n) is 0.936. The Morgan fingerprint density at radius 1 is 1.50 bits per heavy atom. The van der Waals surface area contributed by atoms with Crippen LogP contribution >= 0.6 is 0 Å². The summed E-state index contributed by atoms with van der Waals surface area (Å²) in [7, 11) is -3.27. The summed E-state index contributed by atoms with van der Waals surface area (Å²) in [6.45, 7) is 1.59. The van der Waals surface area contributed by atoms with Crippen molar-refractivity contribution in [1.29, 1.82) is 0 Å². The van der Waals surface area contributed by atoms with E-state index in [1.807, 2.05) is 0 Å². The summed E-state index contributed by atoms with van der Waals surface area (Å²) in [4.78, 5) is 3.61. The molecule has 66 valence electrons. The summed E-state index contributed by atoms with van der Waals surface area (Å²) in [5, 5.41) is 8.96. The molecule has 1 heterocycles. The lowest BCUT2D eigenvalue weighted by atomic mass is 10.3. The maximum Gasteiger partial charge on any atom is 0.193 e. The molecule has 0 saturated carbocycles. The van der Waals surface area contributed by atoms with Crippen LogP contribution in [0, 0.1) is 6.92 Å². The molecule has 0 atom stereocenters. The van der Waals surface area contributed by atoms with Gasteiger partial charge in [-0.15, -0.1) is 0 Å². The molecule has 0 amide bonds. The molecule has 0 aliphatic rings. The molecule has 1 aromatic rings. The second-order valence-corrected chi connectivity index (χ2v) is 4.52. The maximum atomic E-state index is 11.0. The lowest BCUT2D eigenvalue weighted by Crippen LogP contribution is -2.02. The fourth-order valence-corrected chi connectivity index (χ4v) is 1.82. The zero-order valence-electron chi connectivity index (χ0n) is 6.77. The van der Waals surface area contributed by atoms with Crippen LogP contribution in [-0.2, 0) is 9.84 Å². The Balaban J connectivity index is 3.39. The molecule has 0 aliphatic carbocycles. The van der Waals surface area contributed by atoms with Crippen molar-refractivity contribution >= 4 is 9.84 Å². The van der Waals surface area contributed by atoms with Crippen molar-refractivity contribution in [3.8, 4) is 5.75 Å². The largest absolute Gasteiger partial charge is 0.506 e. The number of sulfone groups is 1. The van der Waals surface area contributed by atoms with Crippen molar-refractivity contribution in [2.24, 2.45) is 0 Å². The van der Waals surface area contributed by atoms with Crippen LogP contribution in [-0.4, -0.2) is 24.8 Å². The Bertz CT molecular complexity index is 397. The average molecular weight is 187 g/mol. The van der Waals surface area contributed by atoms with Crippen molar-refractivity contribution in [1.82, 2.24) is 4.98 Å². The van der Waals surface area contributed by atoms with E-state index in [2.05, 4.69) is 4.98 Å². The lowest BCUT2D eigenvalue weighted by molar-refractivity contribution is 0.470. The lowest BCUT2D eigenvalue weighted by Gasteiger charge is -2.01. The number of pyridine rings is 1. The van der Waals surface area contributed by atoms with E-state index in [4.69, 9.17) is 5.11 Å². The van der Waals surface area contributed by atoms with E-state index in [1.165, 1.54) is 6.07 Å². The number of aromatic nitrogens is 1. The van der Waals surface area contributed by atoms with Gasteiger partial charge >= 0.3 is 0 Å². The van der Waals surface area contributed by atoms with E-state index in [9.17, 15) is 8.42 Å². The summed E-state index contributed by atoms with van der Waals surface area (Å²) in [5.74, 6) is -0.0279. The molecular formula is C7H9NO3S. The minimum Gasteiger partial charge on any atom is -0.506 e. The van der Waals surface area contributed by atoms with Gasteiger partial charge in [0.25, 0.3) is 0 Å². The van der Waals surface area contributed by atoms with Crippen LogP contribution < -0.4 is 0 Å². The van der Waals surface area contributed by atoms with E-state index < -0.39 is 9.84 Å². The number of rotatable bonds is 1. The number of aryl methyl sites for hydroxylation is 1. The van der Waals surface area contributed by atoms with Crippen molar-refractivity contribution in [3.05, 3.63) is 17.8 Å². The Hall–Kier alpha value is -1.10. The predicted octanol–water partition coefficient (Wildman–Crippen LogP) is 0.499. The Kier molecular flexibility index (Phi) is 2.06. The number of nitrogens with zero attached hydrogens (tertiary/aromatic N) is 1. The summed E-state index contributed by atoms with van der Waals surface area (Å²) in [6, 6.07) is 1.36. The van der Waals surface area contributed by atoms with Gasteiger partial charge in [-0.3, -0.25) is 0 Å². The van der Waals surface area contributed by atoms with Gasteiger partial charge in [0.1, 0.15) is 5.75 Å². The highest BCUT2D eigenvalue weighted by molar-refractivity contribution is 7.90. The summed E-state index contributed by atoms with van der Waals surface area (Å²) in [6.07, 6.45) is 2.20. The first-order chi connectivity index (χ1) is 5.41. The summed E-state index contributed by atoms with van der Waals surface area (Å²) < 4.78 is 22.0. The number of hydrogen-bond acceptors (Lipinski definition) is 4. The van der Waals surface area contributed by atoms with Crippen LogP contribution in [0.2, 0.25) is 0 Å². The molecule has 0 bridgehead atoms. The summed E-state index contributed by atoms with van der Waals surface area (Å²) >= 11 is 0. The monoisotopic (exact) mass is 187 g/mol. The third kappa shape index (κ3) is 1.73. The van der Waals surface area contributed by atoms with Gasteiger partial charge in [0.15, 0.2) is 14.9 Å². The Morgan fingerprint density at radius 2 is 2.08 bits per heavy atom. The van der Waals surface area contributed by atoms with Gasteiger partial charge in [0.2, 0.25) is 0 Å². The first-order valence-electron chi connectivity index (χ1n) is 3.27. The molecule has 1 aromatic heterocycles. The van der Waals surface area contributed by atoms with Crippen LogP contribution in [0.5, 0.6) is 5.75 Å². The third-order valence-corrected chi connectivity index (χ3v) is 2.50. The third-order valence-electron chi connectivity index (χ3n) is 1.37. The second kappa shape index (κ2) is 2.75. The smallest absolute Gasteiger partial charge is 0.193 e. The van der Waals surface area contributed by atoms with E-state index in [-0.39, 0.29) is 10.8 Å². The number of aromatic hydroxyl groups is 1. The first kappa shape index (κ1) is 8.99. The van der Waals surface area contributed by atoms with Crippen molar-refractivity contribution in [3.63, 3.8) is 0 Å². The minimum atomic E-state index is -3.27. The quantitative estimate of drug-likeness (QED) is 0.695. The normalized spacial score (nSPS) is 11.5. The topological polar surface area (TPSA) is 67.3 Å². The zero-order chi connectivity index (χ0) is 9.35. The van der Waals surface area contributed by atoms with Gasteiger partial charge in [0, 0.05) is 6.26 Å². The maximum absolute atomic E-state index is 11.0. The molecule has 0 spiro atoms. The Morgan fingerprint density at radius 3 is 2.50 bits per heavy atom. The zero-order valence-corrected chi connectivity index (χ0v) is 7.59. The molecule has 12 heavy (non-hydrogen) atoms. The molecule has 0 unspecified atom stereocenters. The van der Waals surface area contributed by atoms with Crippen LogP contribution in [0.3, 0.4) is 0 Å². The molecular weight excluding hydrogens is 178 g/mol. The van der Waals surface area contributed by atoms with Gasteiger partial charge in [-0.25, -0.2) is 13.4 Å². The van der Waals surface area contributed by atoms with E-state index in [1.54, 1.807) is 6.92 Å². The highest BCUT2D eigenvalue weighted by atomic mass is 32.2. The minimum absolute atomic E-state index is 0.0142. The molecule has 0 aliphatic heterocycles. The molecule has 0 aromatic carbocycles. The second-order valence-electron chi connectivity index (χ2n) is 2.59. The van der Waals surface area contributed by atoms with E-state index in [0.29, 0.717) is 5.56 Å². The highest BCUT2D eigenvalue weighted by Crippen LogP contribution is 2.16.